The van der Waals surface area contributed by atoms with Gasteiger partial charge in [0.25, 0.3) is 5.91 Å². The molecule has 1 aromatic heterocycles. The number of aromatic nitrogens is 1. The third kappa shape index (κ3) is 2.42. The van der Waals surface area contributed by atoms with Crippen LogP contribution in [0.3, 0.4) is 0 Å². The summed E-state index contributed by atoms with van der Waals surface area (Å²) in [6.07, 6.45) is 3.35. The van der Waals surface area contributed by atoms with E-state index in [2.05, 4.69) is 21.5 Å². The molecule has 1 atom stereocenters. The summed E-state index contributed by atoms with van der Waals surface area (Å²) in [6, 6.07) is 6.28. The molecule has 3 aliphatic heterocycles. The van der Waals surface area contributed by atoms with Crippen LogP contribution < -0.4 is 5.32 Å². The van der Waals surface area contributed by atoms with E-state index in [0.29, 0.717) is 12.0 Å². The fraction of sp³-hybridized carbons (Fsp3) is 0.529. The van der Waals surface area contributed by atoms with E-state index in [4.69, 9.17) is 0 Å². The van der Waals surface area contributed by atoms with Gasteiger partial charge in [0.15, 0.2) is 0 Å². The first kappa shape index (κ1) is 14.2. The highest BCUT2D eigenvalue weighted by Gasteiger charge is 2.34. The van der Waals surface area contributed by atoms with Gasteiger partial charge in [-0.1, -0.05) is 6.92 Å². The average Bonchev–Trinajstić information content (AvgIpc) is 2.98. The van der Waals surface area contributed by atoms with Crippen molar-refractivity contribution < 1.29 is 4.79 Å². The number of hydrogen-bond donors (Lipinski definition) is 1. The highest BCUT2D eigenvalue weighted by molar-refractivity contribution is 7.13. The molecule has 5 rings (SSSR count). The predicted molar refractivity (Wildman–Crippen MR) is 89.4 cm³/mol. The van der Waals surface area contributed by atoms with Crippen molar-refractivity contribution in [2.75, 3.05) is 19.6 Å². The number of aryl methyl sites for hydroxylation is 1. The summed E-state index contributed by atoms with van der Waals surface area (Å²) in [5.74, 6) is 0.723. The molecule has 3 aliphatic rings. The Hall–Kier alpha value is -1.46. The van der Waals surface area contributed by atoms with Gasteiger partial charge in [-0.25, -0.2) is 0 Å². The van der Waals surface area contributed by atoms with Gasteiger partial charge < -0.3 is 10.2 Å². The number of piperidine rings is 3. The quantitative estimate of drug-likeness (QED) is 0.947. The lowest BCUT2D eigenvalue weighted by molar-refractivity contribution is 0.0620. The van der Waals surface area contributed by atoms with Crippen molar-refractivity contribution in [3.63, 3.8) is 0 Å². The molecule has 5 heteroatoms. The number of amides is 1. The maximum absolute atomic E-state index is 12.6. The van der Waals surface area contributed by atoms with E-state index in [0.717, 1.165) is 34.3 Å². The fourth-order valence-corrected chi connectivity index (χ4v) is 4.61. The topological polar surface area (TPSA) is 45.2 Å². The minimum absolute atomic E-state index is 0.0638. The van der Waals surface area contributed by atoms with Crippen molar-refractivity contribution in [3.05, 3.63) is 29.5 Å². The summed E-state index contributed by atoms with van der Waals surface area (Å²) >= 11 is 1.52. The minimum Gasteiger partial charge on any atom is -0.348 e. The van der Waals surface area contributed by atoms with Crippen LogP contribution in [0, 0.1) is 5.92 Å². The standard InChI is InChI=1S/C17H21N3OS/c1-2-14-13-9-12(3-4-16(13)22-19-14)17(21)18-15-10-20-7-5-11(15)6-8-20/h3-4,9,11,15H,2,5-8,10H2,1H3,(H,18,21)/t15-/m0/s1. The third-order valence-electron chi connectivity index (χ3n) is 5.11. The molecule has 0 spiro atoms. The lowest BCUT2D eigenvalue weighted by atomic mass is 9.84. The Morgan fingerprint density at radius 2 is 2.23 bits per heavy atom. The van der Waals surface area contributed by atoms with Gasteiger partial charge in [-0.05, 0) is 68.0 Å². The molecule has 22 heavy (non-hydrogen) atoms. The van der Waals surface area contributed by atoms with Crippen LogP contribution in [0.25, 0.3) is 10.1 Å². The molecule has 0 unspecified atom stereocenters. The van der Waals surface area contributed by atoms with Gasteiger partial charge >= 0.3 is 0 Å². The average molecular weight is 315 g/mol. The van der Waals surface area contributed by atoms with Crippen molar-refractivity contribution in [2.45, 2.75) is 32.2 Å². The summed E-state index contributed by atoms with van der Waals surface area (Å²) in [5.41, 5.74) is 1.86. The second-order valence-corrected chi connectivity index (χ2v) is 7.22. The van der Waals surface area contributed by atoms with Gasteiger partial charge in [0, 0.05) is 23.5 Å². The van der Waals surface area contributed by atoms with Crippen LogP contribution in [0.2, 0.25) is 0 Å². The Morgan fingerprint density at radius 3 is 2.91 bits per heavy atom. The first-order valence-corrected chi connectivity index (χ1v) is 8.93. The lowest BCUT2D eigenvalue weighted by Gasteiger charge is -2.44. The second-order valence-electron chi connectivity index (χ2n) is 6.41. The maximum atomic E-state index is 12.6. The van der Waals surface area contributed by atoms with Crippen molar-refractivity contribution >= 4 is 27.5 Å². The molecule has 3 fully saturated rings. The molecular weight excluding hydrogens is 294 g/mol. The second kappa shape index (κ2) is 5.63. The van der Waals surface area contributed by atoms with Crippen molar-refractivity contribution in [1.82, 2.24) is 14.6 Å². The van der Waals surface area contributed by atoms with Crippen LogP contribution in [0.15, 0.2) is 18.2 Å². The molecule has 2 bridgehead atoms. The van der Waals surface area contributed by atoms with Crippen LogP contribution in [0.1, 0.15) is 35.8 Å². The van der Waals surface area contributed by atoms with Gasteiger partial charge in [-0.3, -0.25) is 4.79 Å². The van der Waals surface area contributed by atoms with Crippen LogP contribution in [-0.2, 0) is 6.42 Å². The Balaban J connectivity index is 1.55. The number of benzene rings is 1. The van der Waals surface area contributed by atoms with E-state index in [1.165, 1.54) is 37.5 Å². The monoisotopic (exact) mass is 315 g/mol. The van der Waals surface area contributed by atoms with Crippen molar-refractivity contribution in [1.29, 1.82) is 0 Å². The van der Waals surface area contributed by atoms with Crippen LogP contribution in [-0.4, -0.2) is 40.9 Å². The highest BCUT2D eigenvalue weighted by atomic mass is 32.1. The van der Waals surface area contributed by atoms with Gasteiger partial charge in [0.2, 0.25) is 0 Å². The zero-order valence-corrected chi connectivity index (χ0v) is 13.7. The largest absolute Gasteiger partial charge is 0.348 e. The van der Waals surface area contributed by atoms with E-state index < -0.39 is 0 Å². The molecule has 4 heterocycles. The molecule has 0 aliphatic carbocycles. The minimum atomic E-state index is 0.0638. The van der Waals surface area contributed by atoms with Crippen LogP contribution in [0.4, 0.5) is 0 Å². The Morgan fingerprint density at radius 1 is 1.41 bits per heavy atom. The van der Waals surface area contributed by atoms with Gasteiger partial charge in [-0.2, -0.15) is 4.37 Å². The number of carbonyl (C=O) groups excluding carboxylic acids is 1. The number of nitrogens with one attached hydrogen (secondary N) is 1. The van der Waals surface area contributed by atoms with E-state index >= 15 is 0 Å². The van der Waals surface area contributed by atoms with Gasteiger partial charge in [-0.15, -0.1) is 0 Å². The van der Waals surface area contributed by atoms with Gasteiger partial charge in [0.1, 0.15) is 0 Å². The lowest BCUT2D eigenvalue weighted by Crippen LogP contribution is -2.57. The van der Waals surface area contributed by atoms with E-state index in [9.17, 15) is 4.79 Å². The predicted octanol–water partition coefficient (Wildman–Crippen LogP) is 2.68. The number of nitrogens with zero attached hydrogens (tertiary/aromatic N) is 2. The molecule has 1 N–H and O–H groups in total. The molecule has 4 nitrogen and oxygen atoms in total. The van der Waals surface area contributed by atoms with Crippen molar-refractivity contribution in [2.24, 2.45) is 5.92 Å². The first-order valence-electron chi connectivity index (χ1n) is 8.16. The Labute approximate surface area is 134 Å². The SMILES string of the molecule is CCc1nsc2ccc(C(=O)N[C@H]3CN4CCC3CC4)cc12. The number of fused-ring (bicyclic) bond motifs is 4. The van der Waals surface area contributed by atoms with Crippen molar-refractivity contribution in [3.8, 4) is 0 Å². The molecule has 1 amide bonds. The Kier molecular flexibility index (Phi) is 3.62. The number of rotatable bonds is 3. The maximum Gasteiger partial charge on any atom is 0.251 e. The summed E-state index contributed by atoms with van der Waals surface area (Å²) in [4.78, 5) is 15.1. The van der Waals surface area contributed by atoms with Gasteiger partial charge in [0.05, 0.1) is 10.4 Å². The Bertz CT molecular complexity index is 703. The van der Waals surface area contributed by atoms with E-state index in [1.54, 1.807) is 0 Å². The number of hydrogen-bond acceptors (Lipinski definition) is 4. The molecule has 116 valence electrons. The molecule has 0 saturated carbocycles. The van der Waals surface area contributed by atoms with E-state index in [1.807, 2.05) is 18.2 Å². The molecule has 2 aromatic rings. The molecule has 3 saturated heterocycles. The summed E-state index contributed by atoms with van der Waals surface area (Å²) in [7, 11) is 0. The molecule has 0 radical (unpaired) electrons. The van der Waals surface area contributed by atoms with Crippen LogP contribution >= 0.6 is 11.5 Å². The highest BCUT2D eigenvalue weighted by Crippen LogP contribution is 2.28. The zero-order chi connectivity index (χ0) is 15.1. The van der Waals surface area contributed by atoms with Crippen LogP contribution in [0.5, 0.6) is 0 Å². The summed E-state index contributed by atoms with van der Waals surface area (Å²) < 4.78 is 5.63. The normalized spacial score (nSPS) is 27.2. The fourth-order valence-electron chi connectivity index (χ4n) is 3.77. The summed E-state index contributed by atoms with van der Waals surface area (Å²) in [5, 5.41) is 4.40. The summed E-state index contributed by atoms with van der Waals surface area (Å²) in [6.45, 7) is 5.51. The smallest absolute Gasteiger partial charge is 0.251 e. The first-order chi connectivity index (χ1) is 10.7. The molecule has 1 aromatic carbocycles. The third-order valence-corrected chi connectivity index (χ3v) is 5.98. The zero-order valence-electron chi connectivity index (χ0n) is 12.8. The van der Waals surface area contributed by atoms with E-state index in [-0.39, 0.29) is 5.91 Å². The molecular formula is C17H21N3OS. The number of carbonyl (C=O) groups is 1.